The molecule has 6 heteroatoms. The van der Waals surface area contributed by atoms with E-state index in [4.69, 9.17) is 5.11 Å². The van der Waals surface area contributed by atoms with Crippen LogP contribution in [0.5, 0.6) is 0 Å². The third-order valence-electron chi connectivity index (χ3n) is 2.46. The Balaban J connectivity index is 2.32. The molecular formula is C10H17NO3S2. The van der Waals surface area contributed by atoms with Crippen molar-refractivity contribution in [1.29, 1.82) is 0 Å². The maximum atomic E-state index is 11.8. The van der Waals surface area contributed by atoms with Crippen molar-refractivity contribution >= 4 is 33.5 Å². The molecule has 0 unspecified atom stereocenters. The lowest BCUT2D eigenvalue weighted by atomic mass is 10.2. The van der Waals surface area contributed by atoms with E-state index in [1.807, 2.05) is 0 Å². The molecule has 1 rings (SSSR count). The van der Waals surface area contributed by atoms with Crippen LogP contribution in [0.25, 0.3) is 0 Å². The molecule has 1 fully saturated rings. The Morgan fingerprint density at radius 3 is 2.81 bits per heavy atom. The Kier molecular flexibility index (Phi) is 6.05. The summed E-state index contributed by atoms with van der Waals surface area (Å²) < 4.78 is 0. The Hall–Kier alpha value is -0.360. The van der Waals surface area contributed by atoms with E-state index in [0.29, 0.717) is 19.4 Å². The molecule has 0 aromatic carbocycles. The van der Waals surface area contributed by atoms with Crippen molar-refractivity contribution in [3.05, 3.63) is 0 Å². The van der Waals surface area contributed by atoms with E-state index in [1.165, 1.54) is 4.90 Å². The minimum Gasteiger partial charge on any atom is -0.480 e. The number of hydrogen-bond acceptors (Lipinski definition) is 4. The number of nitrogens with zero attached hydrogens (tertiary/aromatic N) is 1. The normalized spacial score (nSPS) is 20.1. The SMILES string of the molecule is CCSSCCC(=O)N1CCC[C@H]1C(=O)O. The Morgan fingerprint density at radius 1 is 1.44 bits per heavy atom. The van der Waals surface area contributed by atoms with Gasteiger partial charge in [-0.2, -0.15) is 0 Å². The van der Waals surface area contributed by atoms with E-state index in [9.17, 15) is 9.59 Å². The van der Waals surface area contributed by atoms with E-state index in [2.05, 4.69) is 6.92 Å². The van der Waals surface area contributed by atoms with E-state index < -0.39 is 12.0 Å². The Morgan fingerprint density at radius 2 is 2.19 bits per heavy atom. The monoisotopic (exact) mass is 263 g/mol. The van der Waals surface area contributed by atoms with Gasteiger partial charge in [0.05, 0.1) is 0 Å². The molecule has 1 atom stereocenters. The van der Waals surface area contributed by atoms with Gasteiger partial charge in [-0.05, 0) is 12.8 Å². The first-order valence-electron chi connectivity index (χ1n) is 5.43. The van der Waals surface area contributed by atoms with Gasteiger partial charge in [-0.3, -0.25) is 4.79 Å². The molecule has 0 saturated carbocycles. The lowest BCUT2D eigenvalue weighted by Crippen LogP contribution is -2.40. The highest BCUT2D eigenvalue weighted by molar-refractivity contribution is 8.76. The molecular weight excluding hydrogens is 246 g/mol. The second kappa shape index (κ2) is 7.06. The number of carbonyl (C=O) groups excluding carboxylic acids is 1. The largest absolute Gasteiger partial charge is 0.480 e. The average Bonchev–Trinajstić information content (AvgIpc) is 2.73. The molecule has 0 bridgehead atoms. The summed E-state index contributed by atoms with van der Waals surface area (Å²) in [5.74, 6) is 0.899. The molecule has 0 aromatic heterocycles. The topological polar surface area (TPSA) is 57.6 Å². The first kappa shape index (κ1) is 13.7. The number of carboxylic acid groups (broad SMARTS) is 1. The summed E-state index contributed by atoms with van der Waals surface area (Å²) in [5.41, 5.74) is 0. The molecule has 1 N–H and O–H groups in total. The van der Waals surface area contributed by atoms with Crippen molar-refractivity contribution in [1.82, 2.24) is 4.90 Å². The molecule has 1 heterocycles. The third-order valence-corrected chi connectivity index (χ3v) is 4.94. The van der Waals surface area contributed by atoms with Crippen LogP contribution in [-0.4, -0.2) is 46.0 Å². The summed E-state index contributed by atoms with van der Waals surface area (Å²) in [5, 5.41) is 8.94. The number of carbonyl (C=O) groups is 2. The van der Waals surface area contributed by atoms with E-state index >= 15 is 0 Å². The lowest BCUT2D eigenvalue weighted by Gasteiger charge is -2.21. The standard InChI is InChI=1S/C10H17NO3S2/c1-2-15-16-7-5-9(12)11-6-3-4-8(11)10(13)14/h8H,2-7H2,1H3,(H,13,14)/t8-/m0/s1. The summed E-state index contributed by atoms with van der Waals surface area (Å²) >= 11 is 0. The van der Waals surface area contributed by atoms with Crippen LogP contribution in [0.4, 0.5) is 0 Å². The van der Waals surface area contributed by atoms with Crippen LogP contribution in [0.2, 0.25) is 0 Å². The lowest BCUT2D eigenvalue weighted by molar-refractivity contribution is -0.148. The van der Waals surface area contributed by atoms with Crippen molar-refractivity contribution in [2.45, 2.75) is 32.2 Å². The second-order valence-corrected chi connectivity index (χ2v) is 6.43. The molecule has 16 heavy (non-hydrogen) atoms. The van der Waals surface area contributed by atoms with Crippen LogP contribution in [0.1, 0.15) is 26.2 Å². The summed E-state index contributed by atoms with van der Waals surface area (Å²) in [4.78, 5) is 24.2. The van der Waals surface area contributed by atoms with Gasteiger partial charge in [-0.25, -0.2) is 4.79 Å². The fraction of sp³-hybridized carbons (Fsp3) is 0.800. The molecule has 0 spiro atoms. The van der Waals surface area contributed by atoms with Crippen LogP contribution < -0.4 is 0 Å². The number of carboxylic acids is 1. The van der Waals surface area contributed by atoms with Gasteiger partial charge in [-0.15, -0.1) is 0 Å². The molecule has 1 aliphatic rings. The van der Waals surface area contributed by atoms with Crippen LogP contribution in [0.3, 0.4) is 0 Å². The summed E-state index contributed by atoms with van der Waals surface area (Å²) in [7, 11) is 3.40. The van der Waals surface area contributed by atoms with Crippen molar-refractivity contribution in [2.24, 2.45) is 0 Å². The Labute approximate surface area is 104 Å². The van der Waals surface area contributed by atoms with Gasteiger partial charge in [0.25, 0.3) is 0 Å². The van der Waals surface area contributed by atoms with E-state index in [-0.39, 0.29) is 5.91 Å². The molecule has 1 amide bonds. The van der Waals surface area contributed by atoms with Gasteiger partial charge < -0.3 is 10.0 Å². The van der Waals surface area contributed by atoms with Gasteiger partial charge in [0.15, 0.2) is 0 Å². The number of hydrogen-bond donors (Lipinski definition) is 1. The highest BCUT2D eigenvalue weighted by atomic mass is 33.1. The zero-order chi connectivity index (χ0) is 12.0. The van der Waals surface area contributed by atoms with Gasteiger partial charge in [0, 0.05) is 24.5 Å². The predicted molar refractivity (Wildman–Crippen MR) is 67.6 cm³/mol. The zero-order valence-electron chi connectivity index (χ0n) is 9.35. The fourth-order valence-corrected chi connectivity index (χ4v) is 3.38. The van der Waals surface area contributed by atoms with Crippen LogP contribution in [0.15, 0.2) is 0 Å². The molecule has 0 aromatic rings. The maximum absolute atomic E-state index is 11.8. The van der Waals surface area contributed by atoms with Crippen molar-refractivity contribution in [3.63, 3.8) is 0 Å². The molecule has 4 nitrogen and oxygen atoms in total. The highest BCUT2D eigenvalue weighted by Gasteiger charge is 2.33. The van der Waals surface area contributed by atoms with E-state index in [0.717, 1.165) is 17.9 Å². The quantitative estimate of drug-likeness (QED) is 0.585. The predicted octanol–water partition coefficient (Wildman–Crippen LogP) is 1.85. The van der Waals surface area contributed by atoms with Crippen molar-refractivity contribution < 1.29 is 14.7 Å². The molecule has 0 radical (unpaired) electrons. The van der Waals surface area contributed by atoms with Gasteiger partial charge >= 0.3 is 5.97 Å². The molecule has 0 aliphatic carbocycles. The highest BCUT2D eigenvalue weighted by Crippen LogP contribution is 2.23. The minimum absolute atomic E-state index is 0.0193. The third kappa shape index (κ3) is 3.90. The number of likely N-dealkylation sites (tertiary alicyclic amines) is 1. The molecule has 1 saturated heterocycles. The first-order valence-corrected chi connectivity index (χ1v) is 7.92. The van der Waals surface area contributed by atoms with Gasteiger partial charge in [0.1, 0.15) is 6.04 Å². The van der Waals surface area contributed by atoms with Crippen molar-refractivity contribution in [3.8, 4) is 0 Å². The smallest absolute Gasteiger partial charge is 0.326 e. The van der Waals surface area contributed by atoms with E-state index in [1.54, 1.807) is 21.6 Å². The Bertz CT molecular complexity index is 260. The molecule has 92 valence electrons. The summed E-state index contributed by atoms with van der Waals surface area (Å²) in [6.07, 6.45) is 1.85. The molecule has 1 aliphatic heterocycles. The van der Waals surface area contributed by atoms with Crippen LogP contribution in [-0.2, 0) is 9.59 Å². The zero-order valence-corrected chi connectivity index (χ0v) is 11.0. The fourth-order valence-electron chi connectivity index (χ4n) is 1.74. The first-order chi connectivity index (χ1) is 7.66. The maximum Gasteiger partial charge on any atom is 0.326 e. The van der Waals surface area contributed by atoms with Crippen molar-refractivity contribution in [2.75, 3.05) is 18.1 Å². The number of rotatable bonds is 6. The van der Waals surface area contributed by atoms with Crippen LogP contribution >= 0.6 is 21.6 Å². The van der Waals surface area contributed by atoms with Gasteiger partial charge in [-0.1, -0.05) is 28.5 Å². The van der Waals surface area contributed by atoms with Gasteiger partial charge in [0.2, 0.25) is 5.91 Å². The van der Waals surface area contributed by atoms with Crippen LogP contribution in [0, 0.1) is 0 Å². The summed E-state index contributed by atoms with van der Waals surface area (Å²) in [6.45, 7) is 2.67. The summed E-state index contributed by atoms with van der Waals surface area (Å²) in [6, 6.07) is -0.587. The average molecular weight is 263 g/mol. The minimum atomic E-state index is -0.874. The second-order valence-electron chi connectivity index (χ2n) is 3.56. The number of aliphatic carboxylic acids is 1. The number of amides is 1.